The number of carboxylic acid groups (broad SMARTS) is 1. The fourth-order valence-corrected chi connectivity index (χ4v) is 5.63. The van der Waals surface area contributed by atoms with Gasteiger partial charge in [-0.2, -0.15) is 0 Å². The van der Waals surface area contributed by atoms with Crippen LogP contribution in [0.4, 0.5) is 0 Å². The van der Waals surface area contributed by atoms with Crippen LogP contribution in [-0.4, -0.2) is 41.0 Å². The van der Waals surface area contributed by atoms with Crippen molar-refractivity contribution in [1.82, 2.24) is 0 Å². The molecule has 2 aliphatic carbocycles. The molecule has 0 amide bonds. The number of benzene rings is 1. The van der Waals surface area contributed by atoms with Gasteiger partial charge in [0.25, 0.3) is 0 Å². The second-order valence-electron chi connectivity index (χ2n) is 10.2. The van der Waals surface area contributed by atoms with Gasteiger partial charge in [-0.05, 0) is 73.5 Å². The third-order valence-electron chi connectivity index (χ3n) is 7.38. The number of ether oxygens (including phenoxy) is 2. The summed E-state index contributed by atoms with van der Waals surface area (Å²) in [5.74, 6) is 0.324. The highest BCUT2D eigenvalue weighted by atomic mass is 16.5. The van der Waals surface area contributed by atoms with E-state index in [9.17, 15) is 14.7 Å². The van der Waals surface area contributed by atoms with Crippen molar-refractivity contribution in [2.24, 2.45) is 23.7 Å². The molecule has 0 unspecified atom stereocenters. The molecule has 0 radical (unpaired) electrons. The molecule has 2 aliphatic rings. The van der Waals surface area contributed by atoms with Crippen molar-refractivity contribution in [1.29, 1.82) is 0 Å². The molecule has 5 atom stereocenters. The fourth-order valence-electron chi connectivity index (χ4n) is 5.63. The van der Waals surface area contributed by atoms with Crippen molar-refractivity contribution in [2.45, 2.75) is 90.8 Å². The van der Waals surface area contributed by atoms with Crippen LogP contribution in [0.2, 0.25) is 0 Å². The Morgan fingerprint density at radius 3 is 2.64 bits per heavy atom. The van der Waals surface area contributed by atoms with E-state index in [0.717, 1.165) is 63.4 Å². The first-order valence-corrected chi connectivity index (χ1v) is 12.6. The Kier molecular flexibility index (Phi) is 9.19. The molecule has 1 aromatic carbocycles. The van der Waals surface area contributed by atoms with Crippen molar-refractivity contribution in [3.63, 3.8) is 0 Å². The first-order chi connectivity index (χ1) is 15.8. The Bertz CT molecular complexity index is 804. The summed E-state index contributed by atoms with van der Waals surface area (Å²) in [4.78, 5) is 23.4. The zero-order valence-electron chi connectivity index (χ0n) is 20.3. The van der Waals surface area contributed by atoms with Gasteiger partial charge in [0, 0.05) is 0 Å². The summed E-state index contributed by atoms with van der Waals surface area (Å²) < 4.78 is 11.6. The Hall–Kier alpha value is -2.08. The number of aliphatic hydroxyl groups excluding tert-OH is 1. The van der Waals surface area contributed by atoms with Gasteiger partial charge in [-0.1, -0.05) is 52.2 Å². The van der Waals surface area contributed by atoms with Crippen LogP contribution in [0.3, 0.4) is 0 Å². The summed E-state index contributed by atoms with van der Waals surface area (Å²) in [6, 6.07) is 5.87. The van der Waals surface area contributed by atoms with E-state index < -0.39 is 5.97 Å². The van der Waals surface area contributed by atoms with Gasteiger partial charge in [-0.15, -0.1) is 0 Å². The Morgan fingerprint density at radius 1 is 1.15 bits per heavy atom. The number of rotatable bonds is 12. The van der Waals surface area contributed by atoms with Gasteiger partial charge in [-0.3, -0.25) is 4.79 Å². The largest absolute Gasteiger partial charge is 0.482 e. The minimum Gasteiger partial charge on any atom is -0.482 e. The molecule has 1 saturated carbocycles. The summed E-state index contributed by atoms with van der Waals surface area (Å²) >= 11 is 0. The number of aliphatic carboxylic acids is 1. The quantitative estimate of drug-likeness (QED) is 0.344. The molecule has 0 heterocycles. The highest BCUT2D eigenvalue weighted by molar-refractivity contribution is 5.71. The summed E-state index contributed by atoms with van der Waals surface area (Å²) in [6.07, 6.45) is 7.82. The zero-order valence-corrected chi connectivity index (χ0v) is 20.3. The minimum atomic E-state index is -0.986. The van der Waals surface area contributed by atoms with E-state index in [1.165, 1.54) is 5.56 Å². The van der Waals surface area contributed by atoms with E-state index in [1.807, 2.05) is 26.0 Å². The number of carboxylic acids is 1. The average molecular weight is 461 g/mol. The number of carbonyl (C=O) groups is 2. The Morgan fingerprint density at radius 2 is 1.94 bits per heavy atom. The van der Waals surface area contributed by atoms with Gasteiger partial charge in [-0.25, -0.2) is 4.79 Å². The second kappa shape index (κ2) is 11.9. The summed E-state index contributed by atoms with van der Waals surface area (Å²) in [6.45, 7) is 5.53. The van der Waals surface area contributed by atoms with Gasteiger partial charge in [0.2, 0.25) is 0 Å². The molecule has 1 fully saturated rings. The van der Waals surface area contributed by atoms with Crippen molar-refractivity contribution >= 4 is 11.9 Å². The predicted octanol–water partition coefficient (Wildman–Crippen LogP) is 4.79. The highest BCUT2D eigenvalue weighted by Crippen LogP contribution is 2.49. The third kappa shape index (κ3) is 6.72. The van der Waals surface area contributed by atoms with Crippen LogP contribution >= 0.6 is 0 Å². The van der Waals surface area contributed by atoms with Crippen LogP contribution in [0.1, 0.15) is 76.8 Å². The lowest BCUT2D eigenvalue weighted by molar-refractivity contribution is -0.155. The first kappa shape index (κ1) is 25.5. The maximum atomic E-state index is 12.4. The summed E-state index contributed by atoms with van der Waals surface area (Å²) in [5.41, 5.74) is 2.29. The number of aliphatic hydroxyl groups is 1. The van der Waals surface area contributed by atoms with Gasteiger partial charge < -0.3 is 19.7 Å². The lowest BCUT2D eigenvalue weighted by atomic mass is 9.73. The number of fused-ring (bicyclic) bond motifs is 2. The molecule has 0 bridgehead atoms. The summed E-state index contributed by atoms with van der Waals surface area (Å²) in [5, 5.41) is 19.5. The van der Waals surface area contributed by atoms with Gasteiger partial charge >= 0.3 is 11.9 Å². The van der Waals surface area contributed by atoms with Crippen molar-refractivity contribution < 1.29 is 29.3 Å². The molecular weight excluding hydrogens is 420 g/mol. The molecule has 184 valence electrons. The number of unbranched alkanes of at least 4 members (excludes halogenated alkanes) is 2. The monoisotopic (exact) mass is 460 g/mol. The summed E-state index contributed by atoms with van der Waals surface area (Å²) in [7, 11) is 0. The van der Waals surface area contributed by atoms with E-state index in [0.29, 0.717) is 17.6 Å². The average Bonchev–Trinajstić information content (AvgIpc) is 3.10. The predicted molar refractivity (Wildman–Crippen MR) is 126 cm³/mol. The zero-order chi connectivity index (χ0) is 24.0. The van der Waals surface area contributed by atoms with Crippen LogP contribution in [0, 0.1) is 23.7 Å². The molecule has 1 aromatic rings. The fraction of sp³-hybridized carbons (Fsp3) is 0.704. The molecule has 0 aromatic heterocycles. The molecule has 0 spiro atoms. The van der Waals surface area contributed by atoms with Gasteiger partial charge in [0.15, 0.2) is 6.61 Å². The molecule has 6 nitrogen and oxygen atoms in total. The standard InChI is InChI=1S/C27H40O6/c1-4-5-6-9-20(28)11-12-21-22-13-18-8-7-10-24(32-16-26(29)30)23(18)14-19(22)15-25(21)33-27(31)17(2)3/h7-8,10,17,19-22,25,28H,4-6,9,11-16H2,1-3H3,(H,29,30)/t19-,20-,21+,22-,25+/m0/s1. The molecule has 33 heavy (non-hydrogen) atoms. The third-order valence-corrected chi connectivity index (χ3v) is 7.38. The lowest BCUT2D eigenvalue weighted by Gasteiger charge is -2.32. The SMILES string of the molecule is CCCCC[C@H](O)CC[C@@H]1[C@H]2Cc3cccc(OCC(=O)O)c3C[C@H]2C[C@H]1OC(=O)C(C)C. The Labute approximate surface area is 197 Å². The van der Waals surface area contributed by atoms with Gasteiger partial charge in [0.05, 0.1) is 12.0 Å². The Balaban J connectivity index is 1.74. The van der Waals surface area contributed by atoms with Crippen LogP contribution < -0.4 is 4.74 Å². The lowest BCUT2D eigenvalue weighted by Crippen LogP contribution is -2.30. The molecule has 0 saturated heterocycles. The number of esters is 1. The second-order valence-corrected chi connectivity index (χ2v) is 10.2. The molecule has 3 rings (SSSR count). The van der Waals surface area contributed by atoms with Crippen LogP contribution in [0.25, 0.3) is 0 Å². The normalized spacial score (nSPS) is 24.8. The van der Waals surface area contributed by atoms with Crippen LogP contribution in [0.15, 0.2) is 18.2 Å². The van der Waals surface area contributed by atoms with E-state index in [-0.39, 0.29) is 36.6 Å². The van der Waals surface area contributed by atoms with Gasteiger partial charge in [0.1, 0.15) is 11.9 Å². The maximum Gasteiger partial charge on any atom is 0.341 e. The smallest absolute Gasteiger partial charge is 0.341 e. The minimum absolute atomic E-state index is 0.129. The molecule has 0 aliphatic heterocycles. The number of carbonyl (C=O) groups excluding carboxylic acids is 1. The van der Waals surface area contributed by atoms with Crippen molar-refractivity contribution in [2.75, 3.05) is 6.61 Å². The van der Waals surface area contributed by atoms with Crippen molar-refractivity contribution in [3.8, 4) is 5.75 Å². The maximum absolute atomic E-state index is 12.4. The topological polar surface area (TPSA) is 93.1 Å². The molecule has 2 N–H and O–H groups in total. The van der Waals surface area contributed by atoms with Crippen LogP contribution in [0.5, 0.6) is 5.75 Å². The van der Waals surface area contributed by atoms with E-state index in [1.54, 1.807) is 0 Å². The van der Waals surface area contributed by atoms with E-state index in [2.05, 4.69) is 13.0 Å². The molecule has 6 heteroatoms. The van der Waals surface area contributed by atoms with E-state index >= 15 is 0 Å². The molecular formula is C27H40O6. The number of hydrogen-bond donors (Lipinski definition) is 2. The first-order valence-electron chi connectivity index (χ1n) is 12.6. The van der Waals surface area contributed by atoms with Crippen molar-refractivity contribution in [3.05, 3.63) is 29.3 Å². The van der Waals surface area contributed by atoms with E-state index in [4.69, 9.17) is 14.6 Å². The highest BCUT2D eigenvalue weighted by Gasteiger charge is 2.47. The van der Waals surface area contributed by atoms with Crippen LogP contribution in [-0.2, 0) is 27.2 Å². The number of hydrogen-bond acceptors (Lipinski definition) is 5.